The van der Waals surface area contributed by atoms with E-state index in [2.05, 4.69) is 10.2 Å². The first kappa shape index (κ1) is 24.9. The molecule has 0 aliphatic carbocycles. The van der Waals surface area contributed by atoms with Crippen molar-refractivity contribution < 1.29 is 19.4 Å². The van der Waals surface area contributed by atoms with Crippen LogP contribution in [0, 0.1) is 0 Å². The minimum atomic E-state index is -0.232. The molecule has 1 saturated heterocycles. The number of anilines is 2. The molecule has 7 nitrogen and oxygen atoms in total. The molecule has 0 saturated carbocycles. The summed E-state index contributed by atoms with van der Waals surface area (Å²) in [5.41, 5.74) is 2.61. The topological polar surface area (TPSA) is 74.3 Å². The summed E-state index contributed by atoms with van der Waals surface area (Å²) in [7, 11) is 1.60. The van der Waals surface area contributed by atoms with E-state index in [-0.39, 0.29) is 18.2 Å². The summed E-state index contributed by atoms with van der Waals surface area (Å²) in [6.07, 6.45) is 1.26. The first-order chi connectivity index (χ1) is 17.4. The number of carbonyl (C=O) groups is 1. The molecule has 9 heteroatoms. The lowest BCUT2D eigenvalue weighted by molar-refractivity contribution is 0.0981. The fraction of sp³-hybridized carbons (Fsp3) is 0.370. The summed E-state index contributed by atoms with van der Waals surface area (Å²) in [5.74, 6) is 1.18. The van der Waals surface area contributed by atoms with E-state index in [1.54, 1.807) is 12.0 Å². The minimum Gasteiger partial charge on any atom is -0.493 e. The number of hydrogen-bond donors (Lipinski definition) is 2. The Hall–Kier alpha value is -2.78. The van der Waals surface area contributed by atoms with E-state index in [9.17, 15) is 9.90 Å². The van der Waals surface area contributed by atoms with Crippen LogP contribution in [0.25, 0.3) is 10.4 Å². The summed E-state index contributed by atoms with van der Waals surface area (Å²) in [6.45, 7) is 5.08. The minimum absolute atomic E-state index is 0.0509. The number of rotatable bonds is 8. The van der Waals surface area contributed by atoms with E-state index in [1.807, 2.05) is 55.5 Å². The standard InChI is InChI=1S/C27H30ClN3O4S/c1-17-29-22-15-25(18-4-6-19(28)7-5-18)36-26(22)27(33)31(17)20-8-9-23(24(14-20)34-2)35-13-3-11-30-12-10-21(32)16-30/h4-9,14-15,17,21,29,32H,3,10-13,16H2,1-2H3/t17?,21-/m1/s1. The molecule has 3 aromatic rings. The number of aliphatic hydroxyl groups excluding tert-OH is 1. The number of benzene rings is 2. The van der Waals surface area contributed by atoms with Gasteiger partial charge in [-0.05, 0) is 55.7 Å². The molecular formula is C27H30ClN3O4S. The third kappa shape index (κ3) is 5.18. The van der Waals surface area contributed by atoms with Crippen molar-refractivity contribution in [3.8, 4) is 21.9 Å². The molecule has 2 aliphatic heterocycles. The predicted octanol–water partition coefficient (Wildman–Crippen LogP) is 5.33. The molecule has 2 atom stereocenters. The monoisotopic (exact) mass is 527 g/mol. The van der Waals surface area contributed by atoms with Crippen LogP contribution >= 0.6 is 22.9 Å². The highest BCUT2D eigenvalue weighted by Crippen LogP contribution is 2.41. The number of nitrogens with one attached hydrogen (secondary N) is 1. The second-order valence-electron chi connectivity index (χ2n) is 9.14. The molecule has 5 rings (SSSR count). The van der Waals surface area contributed by atoms with E-state index in [1.165, 1.54) is 11.3 Å². The maximum absolute atomic E-state index is 13.6. The third-order valence-corrected chi connectivity index (χ3v) is 8.00. The molecule has 1 unspecified atom stereocenters. The molecule has 190 valence electrons. The number of carbonyl (C=O) groups excluding carboxylic acids is 1. The van der Waals surface area contributed by atoms with Crippen LogP contribution in [0.15, 0.2) is 48.5 Å². The maximum atomic E-state index is 13.6. The van der Waals surface area contributed by atoms with E-state index in [4.69, 9.17) is 21.1 Å². The predicted molar refractivity (Wildman–Crippen MR) is 145 cm³/mol. The quantitative estimate of drug-likeness (QED) is 0.386. The SMILES string of the molecule is COc1cc(N2C(=O)c3sc(-c4ccc(Cl)cc4)cc3NC2C)ccc1OCCCN1CC[C@@H](O)C1. The Morgan fingerprint density at radius 1 is 1.17 bits per heavy atom. The number of hydrogen-bond acceptors (Lipinski definition) is 7. The van der Waals surface area contributed by atoms with Crippen LogP contribution in [0.5, 0.6) is 11.5 Å². The van der Waals surface area contributed by atoms with Gasteiger partial charge < -0.3 is 24.8 Å². The molecule has 2 aliphatic rings. The molecule has 2 N–H and O–H groups in total. The zero-order valence-corrected chi connectivity index (χ0v) is 21.9. The second kappa shape index (κ2) is 10.7. The summed E-state index contributed by atoms with van der Waals surface area (Å²) in [5, 5.41) is 13.8. The van der Waals surface area contributed by atoms with Crippen molar-refractivity contribution in [1.82, 2.24) is 4.90 Å². The molecule has 0 spiro atoms. The molecule has 2 aromatic carbocycles. The molecule has 1 fully saturated rings. The van der Waals surface area contributed by atoms with Gasteiger partial charge in [-0.3, -0.25) is 9.69 Å². The summed E-state index contributed by atoms with van der Waals surface area (Å²) in [6, 6.07) is 15.3. The third-order valence-electron chi connectivity index (χ3n) is 6.57. The molecule has 3 heterocycles. The normalized spacial score (nSPS) is 19.8. The van der Waals surface area contributed by atoms with Gasteiger partial charge in [-0.1, -0.05) is 23.7 Å². The van der Waals surface area contributed by atoms with Crippen LogP contribution in [0.3, 0.4) is 0 Å². The fourth-order valence-corrected chi connectivity index (χ4v) is 5.93. The number of thiophene rings is 1. The van der Waals surface area contributed by atoms with Crippen molar-refractivity contribution in [3.63, 3.8) is 0 Å². The zero-order valence-electron chi connectivity index (χ0n) is 20.4. The Morgan fingerprint density at radius 2 is 1.97 bits per heavy atom. The van der Waals surface area contributed by atoms with Crippen molar-refractivity contribution in [3.05, 3.63) is 58.4 Å². The van der Waals surface area contributed by atoms with Crippen LogP contribution in [0.4, 0.5) is 11.4 Å². The zero-order chi connectivity index (χ0) is 25.2. The van der Waals surface area contributed by atoms with Crippen molar-refractivity contribution in [2.45, 2.75) is 32.0 Å². The number of halogens is 1. The number of nitrogens with zero attached hydrogens (tertiary/aromatic N) is 2. The van der Waals surface area contributed by atoms with Gasteiger partial charge in [0, 0.05) is 35.6 Å². The molecule has 36 heavy (non-hydrogen) atoms. The van der Waals surface area contributed by atoms with Gasteiger partial charge in [0.05, 0.1) is 31.2 Å². The molecule has 0 radical (unpaired) electrons. The Morgan fingerprint density at radius 3 is 2.69 bits per heavy atom. The smallest absolute Gasteiger partial charge is 0.272 e. The van der Waals surface area contributed by atoms with Gasteiger partial charge in [-0.15, -0.1) is 11.3 Å². The number of aliphatic hydroxyl groups is 1. The van der Waals surface area contributed by atoms with E-state index in [0.29, 0.717) is 28.0 Å². The first-order valence-corrected chi connectivity index (χ1v) is 13.3. The van der Waals surface area contributed by atoms with Crippen LogP contribution in [-0.2, 0) is 0 Å². The summed E-state index contributed by atoms with van der Waals surface area (Å²) in [4.78, 5) is 19.2. The maximum Gasteiger partial charge on any atom is 0.272 e. The van der Waals surface area contributed by atoms with E-state index < -0.39 is 0 Å². The van der Waals surface area contributed by atoms with Crippen molar-refractivity contribution in [2.24, 2.45) is 0 Å². The van der Waals surface area contributed by atoms with Gasteiger partial charge in [0.25, 0.3) is 5.91 Å². The van der Waals surface area contributed by atoms with Gasteiger partial charge in [-0.2, -0.15) is 0 Å². The highest BCUT2D eigenvalue weighted by Gasteiger charge is 2.33. The van der Waals surface area contributed by atoms with Gasteiger partial charge in [-0.25, -0.2) is 0 Å². The molecule has 0 bridgehead atoms. The average Bonchev–Trinajstić information content (AvgIpc) is 3.49. The first-order valence-electron chi connectivity index (χ1n) is 12.1. The molecular weight excluding hydrogens is 498 g/mol. The lowest BCUT2D eigenvalue weighted by Crippen LogP contribution is -2.46. The Balaban J connectivity index is 1.29. The summed E-state index contributed by atoms with van der Waals surface area (Å²) >= 11 is 7.50. The average molecular weight is 528 g/mol. The Bertz CT molecular complexity index is 1230. The lowest BCUT2D eigenvalue weighted by atomic mass is 10.1. The summed E-state index contributed by atoms with van der Waals surface area (Å²) < 4.78 is 11.6. The number of methoxy groups -OCH3 is 1. The van der Waals surface area contributed by atoms with Crippen LogP contribution < -0.4 is 19.7 Å². The number of likely N-dealkylation sites (tertiary alicyclic amines) is 1. The Labute approximate surface area is 220 Å². The highest BCUT2D eigenvalue weighted by atomic mass is 35.5. The lowest BCUT2D eigenvalue weighted by Gasteiger charge is -2.34. The van der Waals surface area contributed by atoms with Gasteiger partial charge in [0.2, 0.25) is 0 Å². The fourth-order valence-electron chi connectivity index (χ4n) is 4.74. The van der Waals surface area contributed by atoms with Gasteiger partial charge >= 0.3 is 0 Å². The van der Waals surface area contributed by atoms with E-state index in [0.717, 1.165) is 54.3 Å². The second-order valence-corrected chi connectivity index (χ2v) is 10.6. The van der Waals surface area contributed by atoms with Crippen LogP contribution in [-0.4, -0.2) is 61.5 Å². The van der Waals surface area contributed by atoms with Crippen LogP contribution in [0.1, 0.15) is 29.4 Å². The molecule has 1 amide bonds. The van der Waals surface area contributed by atoms with Crippen LogP contribution in [0.2, 0.25) is 5.02 Å². The largest absolute Gasteiger partial charge is 0.493 e. The van der Waals surface area contributed by atoms with E-state index >= 15 is 0 Å². The van der Waals surface area contributed by atoms with Gasteiger partial charge in [0.1, 0.15) is 11.0 Å². The van der Waals surface area contributed by atoms with Crippen molar-refractivity contribution in [2.75, 3.05) is 43.6 Å². The number of fused-ring (bicyclic) bond motifs is 1. The van der Waals surface area contributed by atoms with Crippen molar-refractivity contribution >= 4 is 40.2 Å². The van der Waals surface area contributed by atoms with Gasteiger partial charge in [0.15, 0.2) is 11.5 Å². The number of ether oxygens (including phenoxy) is 2. The Kier molecular flexibility index (Phi) is 7.39. The number of β-amino-alcohol motifs (C(OH)–C–C–N with tert-alkyl or cyclic N) is 1. The highest BCUT2D eigenvalue weighted by molar-refractivity contribution is 7.18. The number of amides is 1. The van der Waals surface area contributed by atoms with Crippen molar-refractivity contribution in [1.29, 1.82) is 0 Å². The molecule has 1 aromatic heterocycles.